The molecule has 1 aromatic heterocycles. The number of aliphatic carboxylic acids is 1. The van der Waals surface area contributed by atoms with E-state index >= 15 is 0 Å². The fraction of sp³-hybridized carbons (Fsp3) is 0.182. The number of fused-ring (bicyclic) bond motifs is 1. The van der Waals surface area contributed by atoms with Crippen LogP contribution in [-0.4, -0.2) is 30.6 Å². The van der Waals surface area contributed by atoms with Gasteiger partial charge in [0.2, 0.25) is 10.0 Å². The van der Waals surface area contributed by atoms with Gasteiger partial charge in [-0.2, -0.15) is 4.72 Å². The van der Waals surface area contributed by atoms with Gasteiger partial charge in [0.1, 0.15) is 11.4 Å². The lowest BCUT2D eigenvalue weighted by molar-refractivity contribution is -0.135. The number of hydrogen-bond acceptors (Lipinski definition) is 3. The Bertz CT molecular complexity index is 703. The molecular formula is C11H12N2O4S. The summed E-state index contributed by atoms with van der Waals surface area (Å²) < 4.78 is 27.7. The number of aryl methyl sites for hydroxylation is 1. The zero-order chi connectivity index (χ0) is 13.3. The van der Waals surface area contributed by atoms with Crippen molar-refractivity contribution in [2.24, 2.45) is 7.05 Å². The predicted molar refractivity (Wildman–Crippen MR) is 65.7 cm³/mol. The minimum atomic E-state index is -3.81. The molecule has 1 heterocycles. The fourth-order valence-electron chi connectivity index (χ4n) is 1.75. The Kier molecular flexibility index (Phi) is 3.10. The first kappa shape index (κ1) is 12.6. The van der Waals surface area contributed by atoms with Crippen LogP contribution in [0.25, 0.3) is 10.9 Å². The van der Waals surface area contributed by atoms with Crippen molar-refractivity contribution in [1.29, 1.82) is 0 Å². The quantitative estimate of drug-likeness (QED) is 0.847. The van der Waals surface area contributed by atoms with Gasteiger partial charge in [0, 0.05) is 24.1 Å². The maximum atomic E-state index is 12.0. The van der Waals surface area contributed by atoms with Crippen LogP contribution in [0.3, 0.4) is 0 Å². The van der Waals surface area contributed by atoms with E-state index in [1.807, 2.05) is 10.8 Å². The third-order valence-corrected chi connectivity index (χ3v) is 3.99. The van der Waals surface area contributed by atoms with Crippen molar-refractivity contribution >= 4 is 26.9 Å². The summed E-state index contributed by atoms with van der Waals surface area (Å²) in [5, 5.41) is 9.08. The molecule has 0 unspecified atom stereocenters. The van der Waals surface area contributed by atoms with Crippen LogP contribution in [0, 0.1) is 0 Å². The van der Waals surface area contributed by atoms with E-state index in [4.69, 9.17) is 5.11 Å². The second kappa shape index (κ2) is 4.43. The molecule has 0 bridgehead atoms. The van der Waals surface area contributed by atoms with Gasteiger partial charge in [-0.1, -0.05) is 18.2 Å². The van der Waals surface area contributed by atoms with Crippen LogP contribution in [-0.2, 0) is 21.9 Å². The summed E-state index contributed by atoms with van der Waals surface area (Å²) in [5.74, 6) is -1.22. The number of carboxylic acid groups (broad SMARTS) is 1. The van der Waals surface area contributed by atoms with E-state index in [0.717, 1.165) is 5.52 Å². The SMILES string of the molecule is Cn1cc(S(=O)(=O)NCC(=O)O)c2ccccc21. The van der Waals surface area contributed by atoms with Crippen molar-refractivity contribution in [3.63, 3.8) is 0 Å². The van der Waals surface area contributed by atoms with Crippen LogP contribution in [0.4, 0.5) is 0 Å². The van der Waals surface area contributed by atoms with Crippen molar-refractivity contribution in [2.75, 3.05) is 6.54 Å². The molecule has 2 N–H and O–H groups in total. The molecule has 96 valence electrons. The Hall–Kier alpha value is -1.86. The van der Waals surface area contributed by atoms with Crippen molar-refractivity contribution < 1.29 is 18.3 Å². The molecule has 0 aliphatic carbocycles. The van der Waals surface area contributed by atoms with Gasteiger partial charge in [-0.15, -0.1) is 0 Å². The van der Waals surface area contributed by atoms with Crippen molar-refractivity contribution in [3.05, 3.63) is 30.5 Å². The van der Waals surface area contributed by atoms with Gasteiger partial charge in [0.15, 0.2) is 0 Å². The number of benzene rings is 1. The normalized spacial score (nSPS) is 11.8. The number of nitrogens with one attached hydrogen (secondary N) is 1. The molecule has 0 fully saturated rings. The van der Waals surface area contributed by atoms with Crippen LogP contribution in [0.5, 0.6) is 0 Å². The summed E-state index contributed by atoms with van der Waals surface area (Å²) >= 11 is 0. The number of para-hydroxylation sites is 1. The maximum Gasteiger partial charge on any atom is 0.318 e. The summed E-state index contributed by atoms with van der Waals surface area (Å²) in [7, 11) is -2.08. The van der Waals surface area contributed by atoms with Crippen LogP contribution >= 0.6 is 0 Å². The molecular weight excluding hydrogens is 256 g/mol. The smallest absolute Gasteiger partial charge is 0.318 e. The second-order valence-corrected chi connectivity index (χ2v) is 5.58. The fourth-order valence-corrected chi connectivity index (χ4v) is 2.98. The molecule has 0 amide bonds. The molecule has 2 aromatic rings. The molecule has 0 saturated carbocycles. The molecule has 0 aliphatic rings. The highest BCUT2D eigenvalue weighted by Crippen LogP contribution is 2.24. The lowest BCUT2D eigenvalue weighted by Crippen LogP contribution is -2.29. The highest BCUT2D eigenvalue weighted by molar-refractivity contribution is 7.89. The van der Waals surface area contributed by atoms with E-state index in [9.17, 15) is 13.2 Å². The van der Waals surface area contributed by atoms with Crippen LogP contribution in [0.1, 0.15) is 0 Å². The monoisotopic (exact) mass is 268 g/mol. The Labute approximate surface area is 104 Å². The van der Waals surface area contributed by atoms with E-state index in [2.05, 4.69) is 0 Å². The van der Waals surface area contributed by atoms with Gasteiger partial charge < -0.3 is 9.67 Å². The number of hydrogen-bond donors (Lipinski definition) is 2. The lowest BCUT2D eigenvalue weighted by Gasteiger charge is -2.02. The van der Waals surface area contributed by atoms with Gasteiger partial charge in [-0.3, -0.25) is 4.79 Å². The highest BCUT2D eigenvalue weighted by atomic mass is 32.2. The van der Waals surface area contributed by atoms with E-state index in [0.29, 0.717) is 5.39 Å². The van der Waals surface area contributed by atoms with Gasteiger partial charge in [0.25, 0.3) is 0 Å². The lowest BCUT2D eigenvalue weighted by atomic mass is 10.2. The Morgan fingerprint density at radius 1 is 1.39 bits per heavy atom. The molecule has 2 rings (SSSR count). The summed E-state index contributed by atoms with van der Waals surface area (Å²) in [6.45, 7) is -0.633. The summed E-state index contributed by atoms with van der Waals surface area (Å²) in [6, 6.07) is 7.03. The molecule has 1 aromatic carbocycles. The first-order valence-corrected chi connectivity index (χ1v) is 6.65. The van der Waals surface area contributed by atoms with Gasteiger partial charge in [-0.05, 0) is 6.07 Å². The Balaban J connectivity index is 2.51. The second-order valence-electron chi connectivity index (χ2n) is 3.84. The number of carboxylic acids is 1. The molecule has 0 aliphatic heterocycles. The summed E-state index contributed by atoms with van der Waals surface area (Å²) in [6.07, 6.45) is 1.47. The standard InChI is InChI=1S/C11H12N2O4S/c1-13-7-10(8-4-2-3-5-9(8)13)18(16,17)12-6-11(14)15/h2-5,7,12H,6H2,1H3,(H,14,15). The number of nitrogens with zero attached hydrogens (tertiary/aromatic N) is 1. The van der Waals surface area contributed by atoms with Crippen LogP contribution in [0.15, 0.2) is 35.4 Å². The van der Waals surface area contributed by atoms with E-state index < -0.39 is 22.5 Å². The van der Waals surface area contributed by atoms with Gasteiger partial charge in [0.05, 0.1) is 0 Å². The number of aromatic nitrogens is 1. The molecule has 18 heavy (non-hydrogen) atoms. The maximum absolute atomic E-state index is 12.0. The van der Waals surface area contributed by atoms with Crippen molar-refractivity contribution in [3.8, 4) is 0 Å². The zero-order valence-electron chi connectivity index (χ0n) is 9.62. The zero-order valence-corrected chi connectivity index (χ0v) is 10.4. The predicted octanol–water partition coefficient (Wildman–Crippen LogP) is 0.541. The topological polar surface area (TPSA) is 88.4 Å². The summed E-state index contributed by atoms with van der Waals surface area (Å²) in [5.41, 5.74) is 0.771. The molecule has 0 spiro atoms. The van der Waals surface area contributed by atoms with Crippen LogP contribution in [0.2, 0.25) is 0 Å². The first-order valence-electron chi connectivity index (χ1n) is 5.17. The minimum Gasteiger partial charge on any atom is -0.480 e. The average Bonchev–Trinajstić information content (AvgIpc) is 2.66. The average molecular weight is 268 g/mol. The number of sulfonamides is 1. The minimum absolute atomic E-state index is 0.0850. The Morgan fingerprint density at radius 3 is 2.72 bits per heavy atom. The third kappa shape index (κ3) is 2.22. The van der Waals surface area contributed by atoms with Gasteiger partial charge in [-0.25, -0.2) is 8.42 Å². The molecule has 0 saturated heterocycles. The summed E-state index contributed by atoms with van der Waals surface area (Å²) in [4.78, 5) is 10.5. The molecule has 6 nitrogen and oxygen atoms in total. The largest absolute Gasteiger partial charge is 0.480 e. The molecule has 7 heteroatoms. The van der Waals surface area contributed by atoms with E-state index in [1.54, 1.807) is 29.8 Å². The number of rotatable bonds is 4. The van der Waals surface area contributed by atoms with Crippen LogP contribution < -0.4 is 4.72 Å². The van der Waals surface area contributed by atoms with Gasteiger partial charge >= 0.3 is 5.97 Å². The van der Waals surface area contributed by atoms with E-state index in [-0.39, 0.29) is 4.90 Å². The number of carbonyl (C=O) groups is 1. The van der Waals surface area contributed by atoms with Crippen molar-refractivity contribution in [2.45, 2.75) is 4.90 Å². The molecule has 0 radical (unpaired) electrons. The molecule has 0 atom stereocenters. The Morgan fingerprint density at radius 2 is 2.06 bits per heavy atom. The highest BCUT2D eigenvalue weighted by Gasteiger charge is 2.20. The first-order chi connectivity index (χ1) is 8.42. The van der Waals surface area contributed by atoms with E-state index in [1.165, 1.54) is 6.20 Å². The van der Waals surface area contributed by atoms with Crippen molar-refractivity contribution in [1.82, 2.24) is 9.29 Å². The third-order valence-electron chi connectivity index (χ3n) is 2.56.